The molecule has 0 aromatic heterocycles. The monoisotopic (exact) mass is 175 g/mol. The average Bonchev–Trinajstić information content (AvgIpc) is 2.02. The van der Waals surface area contributed by atoms with E-state index < -0.39 is 5.79 Å². The maximum Gasteiger partial charge on any atom is 0.165 e. The summed E-state index contributed by atoms with van der Waals surface area (Å²) in [6, 6.07) is 0. The van der Waals surface area contributed by atoms with Crippen LogP contribution >= 0.6 is 0 Å². The Morgan fingerprint density at radius 1 is 1.42 bits per heavy atom. The number of hydrogen-bond donors (Lipinski definition) is 2. The standard InChI is InChI=1S/C9H19O3/c1-3-6-9(11,12-4-2)7-5-8-10/h10-11H,1,3-8H2,2H3. The summed E-state index contributed by atoms with van der Waals surface area (Å²) in [5.41, 5.74) is 0. The summed E-state index contributed by atoms with van der Waals surface area (Å²) in [6.07, 6.45) is 2.21. The quantitative estimate of drug-likeness (QED) is 0.570. The average molecular weight is 175 g/mol. The van der Waals surface area contributed by atoms with Crippen molar-refractivity contribution in [1.29, 1.82) is 0 Å². The highest BCUT2D eigenvalue weighted by molar-refractivity contribution is 4.67. The van der Waals surface area contributed by atoms with Crippen LogP contribution in [0.3, 0.4) is 0 Å². The van der Waals surface area contributed by atoms with E-state index in [4.69, 9.17) is 9.84 Å². The van der Waals surface area contributed by atoms with Gasteiger partial charge in [0.15, 0.2) is 5.79 Å². The second-order valence-electron chi connectivity index (χ2n) is 2.81. The van der Waals surface area contributed by atoms with E-state index in [-0.39, 0.29) is 6.61 Å². The lowest BCUT2D eigenvalue weighted by atomic mass is 10.1. The Labute approximate surface area is 74.4 Å². The van der Waals surface area contributed by atoms with Gasteiger partial charge in [-0.05, 0) is 19.8 Å². The second-order valence-corrected chi connectivity index (χ2v) is 2.81. The first kappa shape index (κ1) is 11.9. The van der Waals surface area contributed by atoms with Crippen molar-refractivity contribution < 1.29 is 14.9 Å². The van der Waals surface area contributed by atoms with Crippen molar-refractivity contribution in [2.75, 3.05) is 13.2 Å². The van der Waals surface area contributed by atoms with Crippen LogP contribution in [-0.4, -0.2) is 29.2 Å². The summed E-state index contributed by atoms with van der Waals surface area (Å²) < 4.78 is 5.18. The predicted octanol–water partition coefficient (Wildman–Crippen LogP) is 1.10. The van der Waals surface area contributed by atoms with E-state index in [9.17, 15) is 5.11 Å². The molecule has 0 saturated carbocycles. The molecule has 0 amide bonds. The molecule has 1 radical (unpaired) electrons. The summed E-state index contributed by atoms with van der Waals surface area (Å²) in [7, 11) is 0. The Morgan fingerprint density at radius 3 is 2.50 bits per heavy atom. The molecule has 73 valence electrons. The first-order valence-electron chi connectivity index (χ1n) is 4.45. The van der Waals surface area contributed by atoms with E-state index in [1.54, 1.807) is 0 Å². The normalized spacial score (nSPS) is 16.0. The lowest BCUT2D eigenvalue weighted by molar-refractivity contribution is -0.209. The highest BCUT2D eigenvalue weighted by Gasteiger charge is 2.24. The van der Waals surface area contributed by atoms with Crippen LogP contribution in [-0.2, 0) is 4.74 Å². The van der Waals surface area contributed by atoms with Crippen LogP contribution in [0.2, 0.25) is 0 Å². The molecular weight excluding hydrogens is 156 g/mol. The molecular formula is C9H19O3. The fraction of sp³-hybridized carbons (Fsp3) is 0.889. The van der Waals surface area contributed by atoms with Crippen molar-refractivity contribution in [3.63, 3.8) is 0 Å². The largest absolute Gasteiger partial charge is 0.396 e. The zero-order valence-corrected chi connectivity index (χ0v) is 7.75. The molecule has 0 bridgehead atoms. The molecule has 2 N–H and O–H groups in total. The third kappa shape index (κ3) is 4.70. The molecule has 0 aromatic carbocycles. The van der Waals surface area contributed by atoms with Gasteiger partial charge >= 0.3 is 0 Å². The number of aliphatic hydroxyl groups is 2. The lowest BCUT2D eigenvalue weighted by Crippen LogP contribution is -2.32. The molecule has 0 saturated heterocycles. The summed E-state index contributed by atoms with van der Waals surface area (Å²) in [5.74, 6) is -1.07. The highest BCUT2D eigenvalue weighted by atomic mass is 16.6. The molecule has 0 heterocycles. The summed E-state index contributed by atoms with van der Waals surface area (Å²) in [5, 5.41) is 18.4. The maximum atomic E-state index is 9.77. The van der Waals surface area contributed by atoms with Crippen LogP contribution in [0, 0.1) is 6.92 Å². The van der Waals surface area contributed by atoms with Gasteiger partial charge in [0, 0.05) is 26.1 Å². The molecule has 0 fully saturated rings. The van der Waals surface area contributed by atoms with Gasteiger partial charge in [-0.15, -0.1) is 0 Å². The molecule has 0 aliphatic rings. The first-order valence-corrected chi connectivity index (χ1v) is 4.45. The minimum absolute atomic E-state index is 0.0898. The Bertz CT molecular complexity index is 97.9. The fourth-order valence-corrected chi connectivity index (χ4v) is 1.17. The third-order valence-electron chi connectivity index (χ3n) is 1.71. The predicted molar refractivity (Wildman–Crippen MR) is 47.5 cm³/mol. The zero-order valence-electron chi connectivity index (χ0n) is 7.75. The van der Waals surface area contributed by atoms with E-state index in [0.29, 0.717) is 32.3 Å². The molecule has 0 rings (SSSR count). The molecule has 0 aliphatic heterocycles. The van der Waals surface area contributed by atoms with Crippen LogP contribution in [0.1, 0.15) is 32.6 Å². The molecule has 3 nitrogen and oxygen atoms in total. The van der Waals surface area contributed by atoms with Crippen LogP contribution in [0.4, 0.5) is 0 Å². The summed E-state index contributed by atoms with van der Waals surface area (Å²) in [6.45, 7) is 6.08. The van der Waals surface area contributed by atoms with Gasteiger partial charge in [-0.25, -0.2) is 0 Å². The van der Waals surface area contributed by atoms with Crippen LogP contribution in [0.25, 0.3) is 0 Å². The molecule has 3 heteroatoms. The number of ether oxygens (including phenoxy) is 1. The van der Waals surface area contributed by atoms with E-state index >= 15 is 0 Å². The molecule has 0 spiro atoms. The number of rotatable bonds is 7. The van der Waals surface area contributed by atoms with Crippen molar-refractivity contribution in [1.82, 2.24) is 0 Å². The van der Waals surface area contributed by atoms with Gasteiger partial charge in [0.05, 0.1) is 0 Å². The van der Waals surface area contributed by atoms with Gasteiger partial charge in [-0.2, -0.15) is 0 Å². The van der Waals surface area contributed by atoms with Crippen LogP contribution < -0.4 is 0 Å². The highest BCUT2D eigenvalue weighted by Crippen LogP contribution is 2.20. The first-order chi connectivity index (χ1) is 5.68. The van der Waals surface area contributed by atoms with Crippen molar-refractivity contribution in [3.8, 4) is 0 Å². The topological polar surface area (TPSA) is 49.7 Å². The van der Waals surface area contributed by atoms with Crippen LogP contribution in [0.5, 0.6) is 0 Å². The van der Waals surface area contributed by atoms with Gasteiger partial charge in [-0.3, -0.25) is 0 Å². The minimum Gasteiger partial charge on any atom is -0.396 e. The van der Waals surface area contributed by atoms with Crippen molar-refractivity contribution in [3.05, 3.63) is 6.92 Å². The third-order valence-corrected chi connectivity index (χ3v) is 1.71. The lowest BCUT2D eigenvalue weighted by Gasteiger charge is -2.27. The summed E-state index contributed by atoms with van der Waals surface area (Å²) >= 11 is 0. The van der Waals surface area contributed by atoms with Crippen molar-refractivity contribution in [2.24, 2.45) is 0 Å². The van der Waals surface area contributed by atoms with E-state index in [2.05, 4.69) is 6.92 Å². The van der Waals surface area contributed by atoms with E-state index in [0.717, 1.165) is 0 Å². The van der Waals surface area contributed by atoms with Gasteiger partial charge in [0.25, 0.3) is 0 Å². The van der Waals surface area contributed by atoms with Crippen molar-refractivity contribution >= 4 is 0 Å². The van der Waals surface area contributed by atoms with Gasteiger partial charge in [0.1, 0.15) is 0 Å². The minimum atomic E-state index is -1.07. The number of aliphatic hydroxyl groups excluding tert-OH is 1. The Hall–Kier alpha value is -0.120. The molecule has 12 heavy (non-hydrogen) atoms. The zero-order chi connectivity index (χ0) is 9.45. The fourth-order valence-electron chi connectivity index (χ4n) is 1.17. The molecule has 1 atom stereocenters. The van der Waals surface area contributed by atoms with Gasteiger partial charge in [-0.1, -0.05) is 6.92 Å². The maximum absolute atomic E-state index is 9.77. The van der Waals surface area contributed by atoms with E-state index in [1.165, 1.54) is 0 Å². The number of hydrogen-bond acceptors (Lipinski definition) is 3. The Balaban J connectivity index is 3.80. The van der Waals surface area contributed by atoms with Gasteiger partial charge in [0.2, 0.25) is 0 Å². The Kier molecular flexibility index (Phi) is 6.34. The SMILES string of the molecule is [CH2]CCC(O)(CCCO)OCC. The van der Waals surface area contributed by atoms with Crippen LogP contribution in [0.15, 0.2) is 0 Å². The molecule has 1 unspecified atom stereocenters. The molecule has 0 aliphatic carbocycles. The molecule has 0 aromatic rings. The van der Waals surface area contributed by atoms with Crippen molar-refractivity contribution in [2.45, 2.75) is 38.4 Å². The smallest absolute Gasteiger partial charge is 0.165 e. The summed E-state index contributed by atoms with van der Waals surface area (Å²) in [4.78, 5) is 0. The second kappa shape index (κ2) is 6.40. The Morgan fingerprint density at radius 2 is 2.08 bits per heavy atom. The van der Waals surface area contributed by atoms with E-state index in [1.807, 2.05) is 6.92 Å². The van der Waals surface area contributed by atoms with Gasteiger partial charge < -0.3 is 14.9 Å².